The second kappa shape index (κ2) is 7.12. The van der Waals surface area contributed by atoms with Crippen LogP contribution in [0.25, 0.3) is 0 Å². The van der Waals surface area contributed by atoms with Crippen molar-refractivity contribution < 1.29 is 18.0 Å². The highest BCUT2D eigenvalue weighted by molar-refractivity contribution is 5.78. The molecule has 19 heavy (non-hydrogen) atoms. The number of hydrogen-bond donors (Lipinski definition) is 1. The Labute approximate surface area is 112 Å². The molecule has 0 saturated heterocycles. The van der Waals surface area contributed by atoms with Crippen LogP contribution in [0.2, 0.25) is 0 Å². The molecule has 3 nitrogen and oxygen atoms in total. The maximum Gasteiger partial charge on any atom is 0.391 e. The third-order valence-corrected chi connectivity index (χ3v) is 3.80. The summed E-state index contributed by atoms with van der Waals surface area (Å²) >= 11 is 0. The van der Waals surface area contributed by atoms with Gasteiger partial charge >= 0.3 is 6.18 Å². The molecule has 1 saturated carbocycles. The minimum absolute atomic E-state index is 0.0425. The summed E-state index contributed by atoms with van der Waals surface area (Å²) in [5.41, 5.74) is 0. The van der Waals surface area contributed by atoms with E-state index < -0.39 is 12.1 Å². The first-order valence-corrected chi connectivity index (χ1v) is 6.96. The van der Waals surface area contributed by atoms with E-state index in [9.17, 15) is 18.0 Å². The van der Waals surface area contributed by atoms with Crippen LogP contribution < -0.4 is 5.32 Å². The standard InChI is InChI=1S/C13H23F3N2O/c1-3-18(4-2)12(19)9-17-11-7-5-6-10(8-11)13(14,15)16/h10-11,17H,3-9H2,1-2H3. The average Bonchev–Trinajstić information content (AvgIpc) is 2.37. The summed E-state index contributed by atoms with van der Waals surface area (Å²) in [6.07, 6.45) is -2.51. The molecule has 0 aliphatic heterocycles. The summed E-state index contributed by atoms with van der Waals surface area (Å²) in [5.74, 6) is -1.26. The van der Waals surface area contributed by atoms with Crippen molar-refractivity contribution in [2.75, 3.05) is 19.6 Å². The van der Waals surface area contributed by atoms with Gasteiger partial charge in [0.15, 0.2) is 0 Å². The van der Waals surface area contributed by atoms with Crippen molar-refractivity contribution >= 4 is 5.91 Å². The number of carbonyl (C=O) groups is 1. The lowest BCUT2D eigenvalue weighted by Crippen LogP contribution is -2.44. The number of rotatable bonds is 5. The van der Waals surface area contributed by atoms with Gasteiger partial charge in [-0.2, -0.15) is 13.2 Å². The fourth-order valence-corrected chi connectivity index (χ4v) is 2.59. The minimum Gasteiger partial charge on any atom is -0.342 e. The van der Waals surface area contributed by atoms with Crippen LogP contribution in [0.4, 0.5) is 13.2 Å². The van der Waals surface area contributed by atoms with Crippen molar-refractivity contribution in [3.8, 4) is 0 Å². The molecule has 1 rings (SSSR count). The van der Waals surface area contributed by atoms with Crippen LogP contribution in [-0.2, 0) is 4.79 Å². The van der Waals surface area contributed by atoms with Crippen molar-refractivity contribution in [1.29, 1.82) is 0 Å². The molecule has 0 bridgehead atoms. The van der Waals surface area contributed by atoms with E-state index in [0.717, 1.165) is 6.42 Å². The van der Waals surface area contributed by atoms with Gasteiger partial charge in [-0.25, -0.2) is 0 Å². The first kappa shape index (κ1) is 16.3. The molecule has 1 amide bonds. The number of nitrogens with one attached hydrogen (secondary N) is 1. The Bertz CT molecular complexity index is 290. The highest BCUT2D eigenvalue weighted by atomic mass is 19.4. The number of amides is 1. The molecule has 0 aromatic heterocycles. The van der Waals surface area contributed by atoms with Crippen LogP contribution in [-0.4, -0.2) is 42.7 Å². The summed E-state index contributed by atoms with van der Waals surface area (Å²) in [6.45, 7) is 5.18. The van der Waals surface area contributed by atoms with Gasteiger partial charge in [-0.05, 0) is 33.1 Å². The summed E-state index contributed by atoms with van der Waals surface area (Å²) in [7, 11) is 0. The number of hydrogen-bond acceptors (Lipinski definition) is 2. The summed E-state index contributed by atoms with van der Waals surface area (Å²) in [6, 6.07) is -0.195. The molecule has 1 aliphatic rings. The molecule has 0 radical (unpaired) electrons. The SMILES string of the molecule is CCN(CC)C(=O)CNC1CCCC(C(F)(F)F)C1. The zero-order chi connectivity index (χ0) is 14.5. The zero-order valence-corrected chi connectivity index (χ0v) is 11.6. The smallest absolute Gasteiger partial charge is 0.342 e. The molecular formula is C13H23F3N2O. The Hall–Kier alpha value is -0.780. The molecule has 2 atom stereocenters. The van der Waals surface area contributed by atoms with Gasteiger partial charge in [-0.1, -0.05) is 6.42 Å². The Morgan fingerprint density at radius 1 is 1.26 bits per heavy atom. The topological polar surface area (TPSA) is 32.3 Å². The van der Waals surface area contributed by atoms with Crippen LogP contribution in [0.15, 0.2) is 0 Å². The number of likely N-dealkylation sites (N-methyl/N-ethyl adjacent to an activating group) is 1. The van der Waals surface area contributed by atoms with Crippen LogP contribution in [0.1, 0.15) is 39.5 Å². The van der Waals surface area contributed by atoms with Gasteiger partial charge in [-0.3, -0.25) is 4.79 Å². The number of carbonyl (C=O) groups excluding carboxylic acids is 1. The molecule has 6 heteroatoms. The van der Waals surface area contributed by atoms with E-state index in [1.54, 1.807) is 4.90 Å². The Kier molecular flexibility index (Phi) is 6.10. The second-order valence-corrected chi connectivity index (χ2v) is 5.05. The fraction of sp³-hybridized carbons (Fsp3) is 0.923. The molecule has 1 fully saturated rings. The van der Waals surface area contributed by atoms with Crippen LogP contribution in [0.5, 0.6) is 0 Å². The van der Waals surface area contributed by atoms with E-state index in [-0.39, 0.29) is 31.3 Å². The van der Waals surface area contributed by atoms with Gasteiger partial charge in [0.2, 0.25) is 5.91 Å². The predicted octanol–water partition coefficient (Wildman–Crippen LogP) is 2.57. The van der Waals surface area contributed by atoms with Crippen molar-refractivity contribution in [1.82, 2.24) is 10.2 Å². The summed E-state index contributed by atoms with van der Waals surface area (Å²) in [4.78, 5) is 13.4. The van der Waals surface area contributed by atoms with Gasteiger partial charge in [-0.15, -0.1) is 0 Å². The molecule has 1 N–H and O–H groups in total. The summed E-state index contributed by atoms with van der Waals surface area (Å²) in [5, 5.41) is 2.98. The first-order chi connectivity index (χ1) is 8.88. The maximum atomic E-state index is 12.6. The molecule has 0 aromatic rings. The number of halogens is 3. The van der Waals surface area contributed by atoms with Gasteiger partial charge in [0.1, 0.15) is 0 Å². The third-order valence-electron chi connectivity index (χ3n) is 3.80. The van der Waals surface area contributed by atoms with Crippen LogP contribution in [0.3, 0.4) is 0 Å². The summed E-state index contributed by atoms with van der Waals surface area (Å²) < 4.78 is 37.9. The number of alkyl halides is 3. The first-order valence-electron chi connectivity index (χ1n) is 6.96. The van der Waals surface area contributed by atoms with Crippen LogP contribution >= 0.6 is 0 Å². The predicted molar refractivity (Wildman–Crippen MR) is 67.7 cm³/mol. The molecule has 112 valence electrons. The number of nitrogens with zero attached hydrogens (tertiary/aromatic N) is 1. The van der Waals surface area contributed by atoms with E-state index >= 15 is 0 Å². The Morgan fingerprint density at radius 3 is 2.42 bits per heavy atom. The lowest BCUT2D eigenvalue weighted by molar-refractivity contribution is -0.183. The van der Waals surface area contributed by atoms with Gasteiger partial charge in [0.05, 0.1) is 12.5 Å². The van der Waals surface area contributed by atoms with Crippen molar-refractivity contribution in [2.45, 2.75) is 51.7 Å². The van der Waals surface area contributed by atoms with E-state index in [0.29, 0.717) is 19.5 Å². The lowest BCUT2D eigenvalue weighted by Gasteiger charge is -2.31. The lowest BCUT2D eigenvalue weighted by atomic mass is 9.85. The molecule has 1 aliphatic carbocycles. The van der Waals surface area contributed by atoms with Crippen molar-refractivity contribution in [3.63, 3.8) is 0 Å². The molecular weight excluding hydrogens is 257 g/mol. The maximum absolute atomic E-state index is 12.6. The Morgan fingerprint density at radius 2 is 1.89 bits per heavy atom. The molecule has 2 unspecified atom stereocenters. The van der Waals surface area contributed by atoms with E-state index in [1.165, 1.54) is 0 Å². The van der Waals surface area contributed by atoms with Crippen molar-refractivity contribution in [3.05, 3.63) is 0 Å². The van der Waals surface area contributed by atoms with E-state index in [4.69, 9.17) is 0 Å². The van der Waals surface area contributed by atoms with E-state index in [2.05, 4.69) is 5.32 Å². The highest BCUT2D eigenvalue weighted by Crippen LogP contribution is 2.37. The average molecular weight is 280 g/mol. The van der Waals surface area contributed by atoms with Crippen molar-refractivity contribution in [2.24, 2.45) is 5.92 Å². The normalized spacial score (nSPS) is 24.3. The van der Waals surface area contributed by atoms with Gasteiger partial charge in [0, 0.05) is 19.1 Å². The molecule has 0 spiro atoms. The van der Waals surface area contributed by atoms with E-state index in [1.807, 2.05) is 13.8 Å². The zero-order valence-electron chi connectivity index (χ0n) is 11.6. The highest BCUT2D eigenvalue weighted by Gasteiger charge is 2.42. The Balaban J connectivity index is 2.39. The fourth-order valence-electron chi connectivity index (χ4n) is 2.59. The van der Waals surface area contributed by atoms with Gasteiger partial charge in [0.25, 0.3) is 0 Å². The molecule has 0 aromatic carbocycles. The molecule has 0 heterocycles. The van der Waals surface area contributed by atoms with Crippen LogP contribution in [0, 0.1) is 5.92 Å². The largest absolute Gasteiger partial charge is 0.391 e. The third kappa shape index (κ3) is 5.01. The quantitative estimate of drug-likeness (QED) is 0.839. The minimum atomic E-state index is -4.11. The van der Waals surface area contributed by atoms with Gasteiger partial charge < -0.3 is 10.2 Å². The second-order valence-electron chi connectivity index (χ2n) is 5.05. The monoisotopic (exact) mass is 280 g/mol.